The van der Waals surface area contributed by atoms with Crippen molar-refractivity contribution in [2.75, 3.05) is 11.9 Å². The number of aryl methyl sites for hydroxylation is 1. The predicted molar refractivity (Wildman–Crippen MR) is 119 cm³/mol. The standard InChI is InChI=1S/C24H25NO4S/c1-4-28-24(27)21-18-8-6-15(3)12-20(18)30-23(21)25-22(26)17-9-10-29-19-11-14(2)5-7-16(19)13-17/h5,7,9-11,13,15H,4,6,8,12H2,1-3H3,(H,25,26)/t15-/m1/s1. The maximum atomic E-state index is 13.1. The van der Waals surface area contributed by atoms with Crippen molar-refractivity contribution in [2.24, 2.45) is 5.92 Å². The Bertz CT molecular complexity index is 1060. The summed E-state index contributed by atoms with van der Waals surface area (Å²) in [5.74, 6) is 0.635. The third kappa shape index (κ3) is 4.05. The van der Waals surface area contributed by atoms with Crippen LogP contribution in [0.25, 0.3) is 6.08 Å². The van der Waals surface area contributed by atoms with Crippen LogP contribution in [0, 0.1) is 12.8 Å². The molecule has 6 heteroatoms. The van der Waals surface area contributed by atoms with Crippen LogP contribution in [-0.2, 0) is 22.4 Å². The number of nitrogens with one attached hydrogen (secondary N) is 1. The summed E-state index contributed by atoms with van der Waals surface area (Å²) in [4.78, 5) is 26.9. The Hall–Kier alpha value is -2.86. The number of carbonyl (C=O) groups is 2. The molecule has 1 N–H and O–H groups in total. The quantitative estimate of drug-likeness (QED) is 0.679. The zero-order valence-corrected chi connectivity index (χ0v) is 18.2. The SMILES string of the molecule is CCOC(=O)c1c(NC(=O)C2=Cc3ccc(C)cc3OC=C2)sc2c1CC[C@@H](C)C2. The fourth-order valence-electron chi connectivity index (χ4n) is 3.83. The van der Waals surface area contributed by atoms with Crippen LogP contribution in [0.4, 0.5) is 5.00 Å². The molecule has 0 saturated carbocycles. The van der Waals surface area contributed by atoms with Crippen LogP contribution < -0.4 is 10.1 Å². The minimum atomic E-state index is -0.366. The molecule has 2 aromatic rings. The Morgan fingerprint density at radius 1 is 1.33 bits per heavy atom. The molecule has 0 radical (unpaired) electrons. The summed E-state index contributed by atoms with van der Waals surface area (Å²) < 4.78 is 10.9. The van der Waals surface area contributed by atoms with E-state index in [2.05, 4.69) is 12.2 Å². The van der Waals surface area contributed by atoms with Gasteiger partial charge in [-0.1, -0.05) is 19.1 Å². The zero-order chi connectivity index (χ0) is 21.3. The van der Waals surface area contributed by atoms with E-state index in [0.29, 0.717) is 34.4 Å². The topological polar surface area (TPSA) is 64.6 Å². The van der Waals surface area contributed by atoms with Gasteiger partial charge in [0.1, 0.15) is 10.8 Å². The molecule has 0 spiro atoms. The summed E-state index contributed by atoms with van der Waals surface area (Å²) in [7, 11) is 0. The van der Waals surface area contributed by atoms with E-state index in [4.69, 9.17) is 9.47 Å². The Morgan fingerprint density at radius 3 is 2.97 bits per heavy atom. The number of benzene rings is 1. The summed E-state index contributed by atoms with van der Waals surface area (Å²) in [5, 5.41) is 3.54. The molecule has 0 bridgehead atoms. The van der Waals surface area contributed by atoms with E-state index in [-0.39, 0.29) is 11.9 Å². The molecule has 1 aromatic carbocycles. The highest BCUT2D eigenvalue weighted by atomic mass is 32.1. The van der Waals surface area contributed by atoms with E-state index in [1.165, 1.54) is 22.5 Å². The van der Waals surface area contributed by atoms with Gasteiger partial charge in [0.15, 0.2) is 0 Å². The first-order valence-electron chi connectivity index (χ1n) is 10.2. The minimum Gasteiger partial charge on any atom is -0.464 e. The van der Waals surface area contributed by atoms with Crippen LogP contribution in [-0.4, -0.2) is 18.5 Å². The second kappa shape index (κ2) is 8.48. The molecule has 1 aromatic heterocycles. The summed E-state index contributed by atoms with van der Waals surface area (Å²) in [6.45, 7) is 6.29. The summed E-state index contributed by atoms with van der Waals surface area (Å²) in [6.07, 6.45) is 7.75. The number of rotatable bonds is 4. The Labute approximate surface area is 180 Å². The Kier molecular flexibility index (Phi) is 5.77. The number of fused-ring (bicyclic) bond motifs is 2. The molecule has 5 nitrogen and oxygen atoms in total. The van der Waals surface area contributed by atoms with Gasteiger partial charge < -0.3 is 14.8 Å². The molecular weight excluding hydrogens is 398 g/mol. The number of carbonyl (C=O) groups excluding carboxylic acids is 2. The molecular formula is C24H25NO4S. The minimum absolute atomic E-state index is 0.277. The summed E-state index contributed by atoms with van der Waals surface area (Å²) in [6, 6.07) is 5.84. The number of esters is 1. The molecule has 4 rings (SSSR count). The largest absolute Gasteiger partial charge is 0.464 e. The highest BCUT2D eigenvalue weighted by Gasteiger charge is 2.29. The van der Waals surface area contributed by atoms with Gasteiger partial charge in [-0.15, -0.1) is 11.3 Å². The maximum Gasteiger partial charge on any atom is 0.341 e. The first kappa shape index (κ1) is 20.4. The smallest absolute Gasteiger partial charge is 0.341 e. The van der Waals surface area contributed by atoms with E-state index in [9.17, 15) is 9.59 Å². The van der Waals surface area contributed by atoms with Crippen LogP contribution >= 0.6 is 11.3 Å². The fourth-order valence-corrected chi connectivity index (χ4v) is 5.23. The fraction of sp³-hybridized carbons (Fsp3) is 0.333. The van der Waals surface area contributed by atoms with Gasteiger partial charge >= 0.3 is 5.97 Å². The van der Waals surface area contributed by atoms with E-state index < -0.39 is 0 Å². The first-order chi connectivity index (χ1) is 14.5. The van der Waals surface area contributed by atoms with Crippen LogP contribution in [0.1, 0.15) is 52.2 Å². The van der Waals surface area contributed by atoms with Gasteiger partial charge in [0.05, 0.1) is 18.4 Å². The second-order valence-corrected chi connectivity index (χ2v) is 8.90. The van der Waals surface area contributed by atoms with Crippen LogP contribution in [0.2, 0.25) is 0 Å². The van der Waals surface area contributed by atoms with Crippen molar-refractivity contribution in [1.82, 2.24) is 0 Å². The van der Waals surface area contributed by atoms with E-state index >= 15 is 0 Å². The normalized spacial score (nSPS) is 17.2. The van der Waals surface area contributed by atoms with Crippen molar-refractivity contribution in [3.05, 3.63) is 63.2 Å². The summed E-state index contributed by atoms with van der Waals surface area (Å²) in [5.41, 5.74) is 3.93. The van der Waals surface area contributed by atoms with Crippen molar-refractivity contribution in [3.8, 4) is 5.75 Å². The van der Waals surface area contributed by atoms with Gasteiger partial charge in [-0.3, -0.25) is 4.79 Å². The molecule has 1 atom stereocenters. The number of hydrogen-bond donors (Lipinski definition) is 1. The van der Waals surface area contributed by atoms with E-state index in [0.717, 1.165) is 36.0 Å². The summed E-state index contributed by atoms with van der Waals surface area (Å²) >= 11 is 1.49. The van der Waals surface area contributed by atoms with Crippen molar-refractivity contribution >= 4 is 34.3 Å². The van der Waals surface area contributed by atoms with Crippen LogP contribution in [0.15, 0.2) is 36.1 Å². The molecule has 0 fully saturated rings. The van der Waals surface area contributed by atoms with Gasteiger partial charge in [0, 0.05) is 16.0 Å². The molecule has 0 saturated heterocycles. The van der Waals surface area contributed by atoms with Crippen molar-refractivity contribution in [1.29, 1.82) is 0 Å². The number of hydrogen-bond acceptors (Lipinski definition) is 5. The highest BCUT2D eigenvalue weighted by Crippen LogP contribution is 2.40. The molecule has 156 valence electrons. The van der Waals surface area contributed by atoms with E-state index in [1.807, 2.05) is 25.1 Å². The number of thiophene rings is 1. The lowest BCUT2D eigenvalue weighted by Gasteiger charge is -2.18. The molecule has 1 aliphatic heterocycles. The van der Waals surface area contributed by atoms with E-state index in [1.54, 1.807) is 19.1 Å². The predicted octanol–water partition coefficient (Wildman–Crippen LogP) is 5.29. The van der Waals surface area contributed by atoms with Gasteiger partial charge in [0.25, 0.3) is 5.91 Å². The first-order valence-corrected chi connectivity index (χ1v) is 11.1. The molecule has 30 heavy (non-hydrogen) atoms. The van der Waals surface area contributed by atoms with Crippen molar-refractivity contribution < 1.29 is 19.1 Å². The lowest BCUT2D eigenvalue weighted by Crippen LogP contribution is -2.17. The molecule has 2 aliphatic rings. The van der Waals surface area contributed by atoms with Gasteiger partial charge in [0.2, 0.25) is 0 Å². The lowest BCUT2D eigenvalue weighted by molar-refractivity contribution is -0.112. The molecule has 0 unspecified atom stereocenters. The van der Waals surface area contributed by atoms with Crippen LogP contribution in [0.5, 0.6) is 5.75 Å². The highest BCUT2D eigenvalue weighted by molar-refractivity contribution is 7.17. The number of ether oxygens (including phenoxy) is 2. The second-order valence-electron chi connectivity index (χ2n) is 7.79. The molecule has 2 heterocycles. The Balaban J connectivity index is 1.66. The van der Waals surface area contributed by atoms with Gasteiger partial charge in [-0.2, -0.15) is 0 Å². The monoisotopic (exact) mass is 423 g/mol. The third-order valence-corrected chi connectivity index (χ3v) is 6.57. The number of amides is 1. The van der Waals surface area contributed by atoms with Gasteiger partial charge in [-0.25, -0.2) is 4.79 Å². The number of anilines is 1. The zero-order valence-electron chi connectivity index (χ0n) is 17.4. The van der Waals surface area contributed by atoms with Crippen LogP contribution in [0.3, 0.4) is 0 Å². The molecule has 1 amide bonds. The third-order valence-electron chi connectivity index (χ3n) is 5.40. The lowest BCUT2D eigenvalue weighted by atomic mass is 9.88. The van der Waals surface area contributed by atoms with Gasteiger partial charge in [-0.05, 0) is 68.4 Å². The average Bonchev–Trinajstić information content (AvgIpc) is 2.91. The van der Waals surface area contributed by atoms with Crippen molar-refractivity contribution in [2.45, 2.75) is 40.0 Å². The van der Waals surface area contributed by atoms with Crippen molar-refractivity contribution in [3.63, 3.8) is 0 Å². The molecule has 1 aliphatic carbocycles. The maximum absolute atomic E-state index is 13.1. The average molecular weight is 424 g/mol. The Morgan fingerprint density at radius 2 is 2.17 bits per heavy atom.